The minimum atomic E-state index is -3.03. The first-order valence-electron chi connectivity index (χ1n) is 3.42. The molecule has 0 aromatic carbocycles. The number of pyridine rings is 1. The average Bonchev–Trinajstić information content (AvgIpc) is 2.08. The Morgan fingerprint density at radius 2 is 2.15 bits per heavy atom. The summed E-state index contributed by atoms with van der Waals surface area (Å²) < 4.78 is 37.3. The zero-order chi connectivity index (χ0) is 10.0. The summed E-state index contributed by atoms with van der Waals surface area (Å²) in [5.41, 5.74) is 3.89. The van der Waals surface area contributed by atoms with Crippen molar-refractivity contribution < 1.29 is 18.3 Å². The number of hydrogen-bond acceptors (Lipinski definition) is 3. The Labute approximate surface area is 72.0 Å². The molecule has 3 N–H and O–H groups in total. The van der Waals surface area contributed by atoms with Gasteiger partial charge in [-0.2, -0.15) is 0 Å². The molecule has 0 atom stereocenters. The van der Waals surface area contributed by atoms with Crippen LogP contribution in [-0.4, -0.2) is 10.1 Å². The highest BCUT2D eigenvalue weighted by Gasteiger charge is 2.21. The average molecular weight is 192 g/mol. The lowest BCUT2D eigenvalue weighted by Crippen LogP contribution is -2.07. The SMILES string of the molecule is NCc1ncc(O)c(F)c1C(F)F. The first-order chi connectivity index (χ1) is 6.07. The number of alkyl halides is 2. The van der Waals surface area contributed by atoms with Crippen molar-refractivity contribution in [3.8, 4) is 5.75 Å². The van der Waals surface area contributed by atoms with Crippen LogP contribution in [0.1, 0.15) is 17.7 Å². The second-order valence-corrected chi connectivity index (χ2v) is 2.32. The molecule has 13 heavy (non-hydrogen) atoms. The predicted molar refractivity (Wildman–Crippen MR) is 38.7 cm³/mol. The molecule has 0 amide bonds. The summed E-state index contributed by atoms with van der Waals surface area (Å²) in [6, 6.07) is 0. The van der Waals surface area contributed by atoms with Crippen molar-refractivity contribution in [1.29, 1.82) is 0 Å². The Bertz CT molecular complexity index is 317. The maximum Gasteiger partial charge on any atom is 0.268 e. The summed E-state index contributed by atoms with van der Waals surface area (Å²) in [6.45, 7) is -0.295. The van der Waals surface area contributed by atoms with Gasteiger partial charge in [-0.3, -0.25) is 4.98 Å². The second-order valence-electron chi connectivity index (χ2n) is 2.32. The van der Waals surface area contributed by atoms with Crippen molar-refractivity contribution in [2.75, 3.05) is 0 Å². The maximum atomic E-state index is 12.9. The number of aromatic nitrogens is 1. The minimum absolute atomic E-state index is 0.245. The quantitative estimate of drug-likeness (QED) is 0.742. The van der Waals surface area contributed by atoms with E-state index in [-0.39, 0.29) is 12.2 Å². The fourth-order valence-electron chi connectivity index (χ4n) is 0.914. The molecule has 72 valence electrons. The van der Waals surface area contributed by atoms with Gasteiger partial charge in [0.25, 0.3) is 6.43 Å². The summed E-state index contributed by atoms with van der Waals surface area (Å²) in [5, 5.41) is 8.76. The fraction of sp³-hybridized carbons (Fsp3) is 0.286. The Kier molecular flexibility index (Phi) is 2.72. The predicted octanol–water partition coefficient (Wildman–Crippen LogP) is 1.32. The number of rotatable bonds is 2. The van der Waals surface area contributed by atoms with E-state index >= 15 is 0 Å². The zero-order valence-corrected chi connectivity index (χ0v) is 6.47. The summed E-state index contributed by atoms with van der Waals surface area (Å²) >= 11 is 0. The van der Waals surface area contributed by atoms with Gasteiger partial charge in [-0.1, -0.05) is 0 Å². The molecule has 0 spiro atoms. The molecular weight excluding hydrogens is 185 g/mol. The van der Waals surface area contributed by atoms with Crippen LogP contribution in [0, 0.1) is 5.82 Å². The van der Waals surface area contributed by atoms with Crippen LogP contribution < -0.4 is 5.73 Å². The van der Waals surface area contributed by atoms with Crippen molar-refractivity contribution >= 4 is 0 Å². The number of nitrogens with zero attached hydrogens (tertiary/aromatic N) is 1. The van der Waals surface area contributed by atoms with Crippen LogP contribution in [0.2, 0.25) is 0 Å². The molecular formula is C7H7F3N2O. The summed E-state index contributed by atoms with van der Waals surface area (Å²) in [7, 11) is 0. The normalized spacial score (nSPS) is 10.8. The van der Waals surface area contributed by atoms with Gasteiger partial charge in [0.05, 0.1) is 17.5 Å². The number of nitrogens with two attached hydrogens (primary N) is 1. The van der Waals surface area contributed by atoms with E-state index in [1.165, 1.54) is 0 Å². The van der Waals surface area contributed by atoms with Gasteiger partial charge in [-0.25, -0.2) is 13.2 Å². The van der Waals surface area contributed by atoms with Gasteiger partial charge in [0.15, 0.2) is 11.6 Å². The van der Waals surface area contributed by atoms with E-state index in [1.807, 2.05) is 0 Å². The first kappa shape index (κ1) is 9.79. The Morgan fingerprint density at radius 3 is 2.62 bits per heavy atom. The molecule has 0 fully saturated rings. The van der Waals surface area contributed by atoms with E-state index in [0.717, 1.165) is 6.20 Å². The van der Waals surface area contributed by atoms with Gasteiger partial charge in [-0.05, 0) is 0 Å². The molecule has 6 heteroatoms. The maximum absolute atomic E-state index is 12.9. The Hall–Kier alpha value is -1.30. The van der Waals surface area contributed by atoms with Crippen LogP contribution in [0.15, 0.2) is 6.20 Å². The van der Waals surface area contributed by atoms with E-state index < -0.39 is 23.6 Å². The monoisotopic (exact) mass is 192 g/mol. The van der Waals surface area contributed by atoms with Crippen LogP contribution >= 0.6 is 0 Å². The molecule has 0 unspecified atom stereocenters. The molecule has 0 aliphatic carbocycles. The molecule has 1 heterocycles. The van der Waals surface area contributed by atoms with Gasteiger partial charge >= 0.3 is 0 Å². The second kappa shape index (κ2) is 3.61. The Morgan fingerprint density at radius 1 is 1.54 bits per heavy atom. The molecule has 0 saturated carbocycles. The molecule has 0 radical (unpaired) electrons. The topological polar surface area (TPSA) is 59.1 Å². The van der Waals surface area contributed by atoms with Crippen LogP contribution in [-0.2, 0) is 6.54 Å². The van der Waals surface area contributed by atoms with Crippen LogP contribution in [0.4, 0.5) is 13.2 Å². The molecule has 0 saturated heterocycles. The molecule has 3 nitrogen and oxygen atoms in total. The first-order valence-corrected chi connectivity index (χ1v) is 3.42. The van der Waals surface area contributed by atoms with E-state index in [1.54, 1.807) is 0 Å². The largest absolute Gasteiger partial charge is 0.504 e. The lowest BCUT2D eigenvalue weighted by molar-refractivity contribution is 0.143. The number of aromatic hydroxyl groups is 1. The molecule has 0 aliphatic heterocycles. The van der Waals surface area contributed by atoms with Gasteiger partial charge in [0, 0.05) is 6.54 Å². The standard InChI is InChI=1S/C7H7F3N2O/c8-6-4(13)2-12-3(1-11)5(6)7(9)10/h2,7,13H,1,11H2. The van der Waals surface area contributed by atoms with Crippen LogP contribution in [0.25, 0.3) is 0 Å². The highest BCUT2D eigenvalue weighted by molar-refractivity contribution is 5.31. The third kappa shape index (κ3) is 1.72. The van der Waals surface area contributed by atoms with Crippen molar-refractivity contribution in [2.45, 2.75) is 13.0 Å². The van der Waals surface area contributed by atoms with Gasteiger partial charge < -0.3 is 10.8 Å². The molecule has 0 aliphatic rings. The molecule has 1 rings (SSSR count). The van der Waals surface area contributed by atoms with Crippen molar-refractivity contribution in [3.63, 3.8) is 0 Å². The lowest BCUT2D eigenvalue weighted by Gasteiger charge is -2.07. The number of hydrogen-bond donors (Lipinski definition) is 2. The Balaban J connectivity index is 3.32. The van der Waals surface area contributed by atoms with Crippen molar-refractivity contribution in [3.05, 3.63) is 23.3 Å². The smallest absolute Gasteiger partial charge is 0.268 e. The minimum Gasteiger partial charge on any atom is -0.504 e. The molecule has 0 bridgehead atoms. The van der Waals surface area contributed by atoms with Gasteiger partial charge in [0.1, 0.15) is 0 Å². The van der Waals surface area contributed by atoms with Crippen LogP contribution in [0.5, 0.6) is 5.75 Å². The number of halogens is 3. The van der Waals surface area contributed by atoms with Gasteiger partial charge in [0.2, 0.25) is 0 Å². The van der Waals surface area contributed by atoms with E-state index in [4.69, 9.17) is 10.8 Å². The fourth-order valence-corrected chi connectivity index (χ4v) is 0.914. The molecule has 1 aromatic rings. The van der Waals surface area contributed by atoms with Crippen molar-refractivity contribution in [1.82, 2.24) is 4.98 Å². The van der Waals surface area contributed by atoms with E-state index in [9.17, 15) is 13.2 Å². The summed E-state index contributed by atoms with van der Waals surface area (Å²) in [6.07, 6.45) is -2.28. The summed E-state index contributed by atoms with van der Waals surface area (Å²) in [5.74, 6) is -2.25. The highest BCUT2D eigenvalue weighted by Crippen LogP contribution is 2.28. The third-order valence-corrected chi connectivity index (χ3v) is 1.53. The lowest BCUT2D eigenvalue weighted by atomic mass is 10.2. The summed E-state index contributed by atoms with van der Waals surface area (Å²) in [4.78, 5) is 3.38. The van der Waals surface area contributed by atoms with Gasteiger partial charge in [-0.15, -0.1) is 0 Å². The van der Waals surface area contributed by atoms with Crippen molar-refractivity contribution in [2.24, 2.45) is 5.73 Å². The van der Waals surface area contributed by atoms with E-state index in [2.05, 4.69) is 4.98 Å². The third-order valence-electron chi connectivity index (χ3n) is 1.53. The van der Waals surface area contributed by atoms with E-state index in [0.29, 0.717) is 0 Å². The molecule has 1 aromatic heterocycles. The van der Waals surface area contributed by atoms with Crippen LogP contribution in [0.3, 0.4) is 0 Å². The zero-order valence-electron chi connectivity index (χ0n) is 6.47. The highest BCUT2D eigenvalue weighted by atomic mass is 19.3.